The van der Waals surface area contributed by atoms with E-state index in [1.165, 1.54) is 0 Å². The zero-order chi connectivity index (χ0) is 10.2. The fourth-order valence-corrected chi connectivity index (χ4v) is 0.886. The zero-order valence-electron chi connectivity index (χ0n) is 9.38. The van der Waals surface area contributed by atoms with Gasteiger partial charge in [-0.2, -0.15) is 0 Å². The quantitative estimate of drug-likeness (QED) is 0.341. The third kappa shape index (κ3) is 11.3. The summed E-state index contributed by atoms with van der Waals surface area (Å²) in [5, 5.41) is 0. The maximum Gasteiger partial charge on any atom is 0.0892 e. The van der Waals surface area contributed by atoms with Crippen LogP contribution in [-0.4, -0.2) is 51.3 Å². The highest BCUT2D eigenvalue weighted by Crippen LogP contribution is 1.92. The Morgan fingerprint density at radius 3 is 2.23 bits per heavy atom. The first kappa shape index (κ1) is 12.3. The second-order valence-corrected chi connectivity index (χ2v) is 4.23. The first-order chi connectivity index (χ1) is 6.06. The molecular weight excluding hydrogens is 162 g/mol. The molecule has 3 heteroatoms. The Balaban J connectivity index is 3.40. The summed E-state index contributed by atoms with van der Waals surface area (Å²) < 4.78 is 1.00. The summed E-state index contributed by atoms with van der Waals surface area (Å²) in [4.78, 5) is 8.09. The normalized spacial score (nSPS) is 10.8. The molecule has 0 rings (SSSR count). The molecule has 0 unspecified atom stereocenters. The molecule has 3 nitrogen and oxygen atoms in total. The van der Waals surface area contributed by atoms with E-state index in [1.54, 1.807) is 0 Å². The van der Waals surface area contributed by atoms with E-state index in [1.807, 2.05) is 0 Å². The molecule has 0 aliphatic carbocycles. The van der Waals surface area contributed by atoms with Crippen LogP contribution in [0.15, 0.2) is 9.98 Å². The van der Waals surface area contributed by atoms with E-state index >= 15 is 0 Å². The van der Waals surface area contributed by atoms with Gasteiger partial charge in [-0.15, -0.1) is 0 Å². The molecule has 0 radical (unpaired) electrons. The van der Waals surface area contributed by atoms with Crippen molar-refractivity contribution < 1.29 is 4.48 Å². The minimum Gasteiger partial charge on any atom is -0.331 e. The largest absolute Gasteiger partial charge is 0.331 e. The summed E-state index contributed by atoms with van der Waals surface area (Å²) in [6, 6.07) is 2.72. The first-order valence-corrected chi connectivity index (χ1v) is 4.94. The molecule has 0 aliphatic heterocycles. The first-order valence-electron chi connectivity index (χ1n) is 4.94. The van der Waals surface area contributed by atoms with E-state index in [4.69, 9.17) is 0 Å². The molecule has 0 atom stereocenters. The molecule has 0 aromatic rings. The Kier molecular flexibility index (Phi) is 6.47. The number of quaternary nitrogens is 1. The average Bonchev–Trinajstić information content (AvgIpc) is 2.01. The molecule has 0 aromatic carbocycles. The Morgan fingerprint density at radius 2 is 1.69 bits per heavy atom. The van der Waals surface area contributed by atoms with Crippen LogP contribution in [0.3, 0.4) is 0 Å². The molecule has 0 spiro atoms. The Bertz CT molecular complexity index is 173. The molecule has 13 heavy (non-hydrogen) atoms. The van der Waals surface area contributed by atoms with Crippen molar-refractivity contribution in [2.75, 3.05) is 40.8 Å². The van der Waals surface area contributed by atoms with Gasteiger partial charge < -0.3 is 4.48 Å². The molecular formula is C10H22N3+. The summed E-state index contributed by atoms with van der Waals surface area (Å²) in [5.74, 6) is 0. The van der Waals surface area contributed by atoms with E-state index in [0.29, 0.717) is 0 Å². The standard InChI is InChI=1S/C10H22N3/c1-5-7-11-10-12-8-6-9-13(2,3)4/h5-9H2,1-4H3/q+1. The molecule has 0 aliphatic rings. The Morgan fingerprint density at radius 1 is 1.08 bits per heavy atom. The summed E-state index contributed by atoms with van der Waals surface area (Å²) >= 11 is 0. The van der Waals surface area contributed by atoms with Crippen molar-refractivity contribution in [1.29, 1.82) is 0 Å². The van der Waals surface area contributed by atoms with Crippen molar-refractivity contribution in [3.05, 3.63) is 0 Å². The van der Waals surface area contributed by atoms with Gasteiger partial charge >= 0.3 is 0 Å². The summed E-state index contributed by atoms with van der Waals surface area (Å²) in [6.07, 6.45) is 2.18. The van der Waals surface area contributed by atoms with Gasteiger partial charge in [0.2, 0.25) is 0 Å². The van der Waals surface area contributed by atoms with Crippen LogP contribution < -0.4 is 0 Å². The maximum atomic E-state index is 4.09. The molecule has 0 N–H and O–H groups in total. The number of rotatable bonds is 6. The molecule has 0 fully saturated rings. The molecule has 0 aromatic heterocycles. The van der Waals surface area contributed by atoms with Crippen molar-refractivity contribution in [2.45, 2.75) is 19.8 Å². The van der Waals surface area contributed by atoms with E-state index in [2.05, 4.69) is 44.1 Å². The van der Waals surface area contributed by atoms with Gasteiger partial charge in [-0.1, -0.05) is 6.92 Å². The van der Waals surface area contributed by atoms with Crippen molar-refractivity contribution in [1.82, 2.24) is 0 Å². The predicted molar refractivity (Wildman–Crippen MR) is 57.4 cm³/mol. The van der Waals surface area contributed by atoms with E-state index in [9.17, 15) is 0 Å². The topological polar surface area (TPSA) is 24.7 Å². The fraction of sp³-hybridized carbons (Fsp3) is 0.900. The van der Waals surface area contributed by atoms with Crippen LogP contribution in [0.1, 0.15) is 19.8 Å². The summed E-state index contributed by atoms with van der Waals surface area (Å²) in [6.45, 7) is 4.95. The second-order valence-electron chi connectivity index (χ2n) is 4.23. The van der Waals surface area contributed by atoms with Crippen molar-refractivity contribution in [2.24, 2.45) is 9.98 Å². The van der Waals surface area contributed by atoms with E-state index < -0.39 is 0 Å². The lowest BCUT2D eigenvalue weighted by Crippen LogP contribution is -2.35. The molecule has 0 amide bonds. The third-order valence-electron chi connectivity index (χ3n) is 1.58. The van der Waals surface area contributed by atoms with Gasteiger partial charge in [0.15, 0.2) is 0 Å². The van der Waals surface area contributed by atoms with Crippen molar-refractivity contribution in [3.63, 3.8) is 0 Å². The summed E-state index contributed by atoms with van der Waals surface area (Å²) in [7, 11) is 6.57. The highest BCUT2D eigenvalue weighted by Gasteiger charge is 2.04. The van der Waals surface area contributed by atoms with Crippen molar-refractivity contribution >= 4 is 6.01 Å². The minimum atomic E-state index is 0.846. The maximum absolute atomic E-state index is 4.09. The molecule has 76 valence electrons. The molecule has 0 bridgehead atoms. The SMILES string of the molecule is CCCN=C=NCCC[N+](C)(C)C. The minimum absolute atomic E-state index is 0.846. The van der Waals surface area contributed by atoms with Crippen LogP contribution in [0.25, 0.3) is 0 Å². The molecule has 0 saturated carbocycles. The lowest BCUT2D eigenvalue weighted by atomic mass is 10.4. The number of aliphatic imine (C=N–C) groups is 2. The van der Waals surface area contributed by atoms with Crippen molar-refractivity contribution in [3.8, 4) is 0 Å². The smallest absolute Gasteiger partial charge is 0.0892 e. The van der Waals surface area contributed by atoms with Gasteiger partial charge in [-0.05, 0) is 6.42 Å². The third-order valence-corrected chi connectivity index (χ3v) is 1.58. The fourth-order valence-electron chi connectivity index (χ4n) is 0.886. The van der Waals surface area contributed by atoms with Crippen LogP contribution in [0.4, 0.5) is 0 Å². The van der Waals surface area contributed by atoms with Gasteiger partial charge in [0.1, 0.15) is 0 Å². The summed E-state index contributed by atoms with van der Waals surface area (Å²) in [5.41, 5.74) is 0. The average molecular weight is 184 g/mol. The zero-order valence-corrected chi connectivity index (χ0v) is 9.38. The Hall–Kier alpha value is -0.660. The second kappa shape index (κ2) is 6.81. The van der Waals surface area contributed by atoms with E-state index in [0.717, 1.165) is 37.0 Å². The highest BCUT2D eigenvalue weighted by molar-refractivity contribution is 5.40. The number of hydrogen-bond acceptors (Lipinski definition) is 2. The van der Waals surface area contributed by atoms with Crippen LogP contribution in [-0.2, 0) is 0 Å². The monoisotopic (exact) mass is 184 g/mol. The van der Waals surface area contributed by atoms with Crippen LogP contribution >= 0.6 is 0 Å². The van der Waals surface area contributed by atoms with Crippen LogP contribution in [0.2, 0.25) is 0 Å². The highest BCUT2D eigenvalue weighted by atomic mass is 15.3. The molecule has 0 saturated heterocycles. The van der Waals surface area contributed by atoms with E-state index in [-0.39, 0.29) is 0 Å². The van der Waals surface area contributed by atoms with Gasteiger partial charge in [0, 0.05) is 13.0 Å². The lowest BCUT2D eigenvalue weighted by Gasteiger charge is -2.22. The number of hydrogen-bond donors (Lipinski definition) is 0. The lowest BCUT2D eigenvalue weighted by molar-refractivity contribution is -0.870. The van der Waals surface area contributed by atoms with Crippen LogP contribution in [0, 0.1) is 0 Å². The van der Waals surface area contributed by atoms with Gasteiger partial charge in [-0.25, -0.2) is 9.98 Å². The number of nitrogens with zero attached hydrogens (tertiary/aromatic N) is 3. The van der Waals surface area contributed by atoms with Gasteiger partial charge in [0.05, 0.1) is 40.2 Å². The Labute approximate surface area is 81.8 Å². The van der Waals surface area contributed by atoms with Gasteiger partial charge in [0.25, 0.3) is 0 Å². The van der Waals surface area contributed by atoms with Gasteiger partial charge in [-0.3, -0.25) is 0 Å². The predicted octanol–water partition coefficient (Wildman–Crippen LogP) is 1.67. The van der Waals surface area contributed by atoms with Crippen LogP contribution in [0.5, 0.6) is 0 Å². The molecule has 0 heterocycles.